The molecule has 1 unspecified atom stereocenters. The van der Waals surface area contributed by atoms with Gasteiger partial charge in [0, 0.05) is 12.1 Å². The SMILES string of the molecule is COc1ccccc1CCC(O)CNC(C)(C)C. The molecule has 0 heterocycles. The van der Waals surface area contributed by atoms with Crippen LogP contribution in [0, 0.1) is 0 Å². The van der Waals surface area contributed by atoms with Gasteiger partial charge < -0.3 is 15.2 Å². The number of hydrogen-bond donors (Lipinski definition) is 2. The molecule has 102 valence electrons. The first kappa shape index (κ1) is 15.0. The molecule has 0 fully saturated rings. The maximum absolute atomic E-state index is 9.93. The first-order valence-corrected chi connectivity index (χ1v) is 6.47. The summed E-state index contributed by atoms with van der Waals surface area (Å²) < 4.78 is 5.29. The molecule has 0 aromatic heterocycles. The molecule has 1 rings (SSSR count). The molecule has 3 nitrogen and oxygen atoms in total. The molecule has 1 aromatic rings. The van der Waals surface area contributed by atoms with E-state index in [0.717, 1.165) is 24.2 Å². The summed E-state index contributed by atoms with van der Waals surface area (Å²) in [5.41, 5.74) is 1.20. The molecule has 3 heteroatoms. The smallest absolute Gasteiger partial charge is 0.122 e. The van der Waals surface area contributed by atoms with Crippen LogP contribution < -0.4 is 10.1 Å². The monoisotopic (exact) mass is 251 g/mol. The Morgan fingerprint density at radius 3 is 2.56 bits per heavy atom. The van der Waals surface area contributed by atoms with Crippen molar-refractivity contribution in [2.45, 2.75) is 45.3 Å². The van der Waals surface area contributed by atoms with Crippen LogP contribution in [0.1, 0.15) is 32.8 Å². The fourth-order valence-electron chi connectivity index (χ4n) is 1.76. The van der Waals surface area contributed by atoms with Gasteiger partial charge in [-0.2, -0.15) is 0 Å². The second-order valence-electron chi connectivity index (χ2n) is 5.64. The summed E-state index contributed by atoms with van der Waals surface area (Å²) in [4.78, 5) is 0. The van der Waals surface area contributed by atoms with Gasteiger partial charge in [-0.15, -0.1) is 0 Å². The minimum absolute atomic E-state index is 0.0470. The van der Waals surface area contributed by atoms with Gasteiger partial charge in [0.1, 0.15) is 5.75 Å². The van der Waals surface area contributed by atoms with Gasteiger partial charge in [-0.3, -0.25) is 0 Å². The standard InChI is InChI=1S/C15H25NO2/c1-15(2,3)16-11-13(17)10-9-12-7-5-6-8-14(12)18-4/h5-8,13,16-17H,9-11H2,1-4H3. The largest absolute Gasteiger partial charge is 0.496 e. The van der Waals surface area contributed by atoms with E-state index in [1.54, 1.807) is 7.11 Å². The Morgan fingerprint density at radius 1 is 1.28 bits per heavy atom. The van der Waals surface area contributed by atoms with Crippen molar-refractivity contribution in [3.8, 4) is 5.75 Å². The topological polar surface area (TPSA) is 41.5 Å². The molecule has 0 amide bonds. The Hall–Kier alpha value is -1.06. The molecule has 0 aliphatic carbocycles. The van der Waals surface area contributed by atoms with E-state index >= 15 is 0 Å². The molecule has 18 heavy (non-hydrogen) atoms. The minimum atomic E-state index is -0.325. The number of para-hydroxylation sites is 1. The number of aliphatic hydroxyl groups excluding tert-OH is 1. The maximum Gasteiger partial charge on any atom is 0.122 e. The summed E-state index contributed by atoms with van der Waals surface area (Å²) >= 11 is 0. The molecule has 1 atom stereocenters. The number of hydrogen-bond acceptors (Lipinski definition) is 3. The number of β-amino-alcohol motifs (C(OH)–C–C–N with tert-alkyl or cyclic N) is 1. The van der Waals surface area contributed by atoms with Crippen LogP contribution in [0.3, 0.4) is 0 Å². The fraction of sp³-hybridized carbons (Fsp3) is 0.600. The number of rotatable bonds is 6. The summed E-state index contributed by atoms with van der Waals surface area (Å²) in [6.45, 7) is 6.92. The zero-order valence-electron chi connectivity index (χ0n) is 11.9. The average Bonchev–Trinajstić information content (AvgIpc) is 2.33. The van der Waals surface area contributed by atoms with Gasteiger partial charge >= 0.3 is 0 Å². The van der Waals surface area contributed by atoms with Gasteiger partial charge in [0.2, 0.25) is 0 Å². The lowest BCUT2D eigenvalue weighted by Gasteiger charge is -2.23. The molecule has 0 saturated carbocycles. The summed E-state index contributed by atoms with van der Waals surface area (Å²) in [7, 11) is 1.68. The Bertz CT molecular complexity index is 358. The summed E-state index contributed by atoms with van der Waals surface area (Å²) in [5.74, 6) is 0.897. The van der Waals surface area contributed by atoms with Gasteiger partial charge in [-0.05, 0) is 45.2 Å². The Kier molecular flexibility index (Phi) is 5.63. The van der Waals surface area contributed by atoms with Crippen molar-refractivity contribution in [1.82, 2.24) is 5.32 Å². The van der Waals surface area contributed by atoms with Crippen molar-refractivity contribution in [3.05, 3.63) is 29.8 Å². The van der Waals surface area contributed by atoms with Gasteiger partial charge in [0.25, 0.3) is 0 Å². The summed E-state index contributed by atoms with van der Waals surface area (Å²) in [6, 6.07) is 7.95. The lowest BCUT2D eigenvalue weighted by atomic mass is 10.0. The summed E-state index contributed by atoms with van der Waals surface area (Å²) in [6.07, 6.45) is 1.25. The van der Waals surface area contributed by atoms with Crippen LogP contribution in [0.2, 0.25) is 0 Å². The number of nitrogens with one attached hydrogen (secondary N) is 1. The highest BCUT2D eigenvalue weighted by Gasteiger charge is 2.12. The Balaban J connectivity index is 2.40. The molecule has 0 aliphatic rings. The third kappa shape index (κ3) is 5.52. The first-order chi connectivity index (χ1) is 8.42. The number of benzene rings is 1. The van der Waals surface area contributed by atoms with Gasteiger partial charge in [-0.1, -0.05) is 18.2 Å². The van der Waals surface area contributed by atoms with Gasteiger partial charge in [0.05, 0.1) is 13.2 Å². The van der Waals surface area contributed by atoms with Crippen molar-refractivity contribution < 1.29 is 9.84 Å². The lowest BCUT2D eigenvalue weighted by Crippen LogP contribution is -2.40. The third-order valence-corrected chi connectivity index (χ3v) is 2.81. The van der Waals surface area contributed by atoms with E-state index in [-0.39, 0.29) is 11.6 Å². The molecule has 0 radical (unpaired) electrons. The highest BCUT2D eigenvalue weighted by Crippen LogP contribution is 2.19. The van der Waals surface area contributed by atoms with E-state index in [1.165, 1.54) is 0 Å². The normalized spacial score (nSPS) is 13.4. The molecular formula is C15H25NO2. The summed E-state index contributed by atoms with van der Waals surface area (Å²) in [5, 5.41) is 13.2. The van der Waals surface area contributed by atoms with E-state index in [2.05, 4.69) is 26.1 Å². The van der Waals surface area contributed by atoms with E-state index in [1.807, 2.05) is 24.3 Å². The Morgan fingerprint density at radius 2 is 1.94 bits per heavy atom. The molecule has 0 saturated heterocycles. The fourth-order valence-corrected chi connectivity index (χ4v) is 1.76. The predicted octanol–water partition coefficient (Wildman–Crippen LogP) is 2.38. The number of aryl methyl sites for hydroxylation is 1. The van der Waals surface area contributed by atoms with Crippen LogP contribution in [-0.4, -0.2) is 30.4 Å². The predicted molar refractivity (Wildman–Crippen MR) is 75.1 cm³/mol. The van der Waals surface area contributed by atoms with Gasteiger partial charge in [0.15, 0.2) is 0 Å². The zero-order valence-corrected chi connectivity index (χ0v) is 11.9. The van der Waals surface area contributed by atoms with E-state index in [0.29, 0.717) is 6.54 Å². The van der Waals surface area contributed by atoms with Crippen LogP contribution in [-0.2, 0) is 6.42 Å². The van der Waals surface area contributed by atoms with Gasteiger partial charge in [-0.25, -0.2) is 0 Å². The van der Waals surface area contributed by atoms with Crippen molar-refractivity contribution in [1.29, 1.82) is 0 Å². The van der Waals surface area contributed by atoms with Crippen LogP contribution in [0.4, 0.5) is 0 Å². The quantitative estimate of drug-likeness (QED) is 0.815. The first-order valence-electron chi connectivity index (χ1n) is 6.47. The van der Waals surface area contributed by atoms with Crippen molar-refractivity contribution in [2.75, 3.05) is 13.7 Å². The average molecular weight is 251 g/mol. The number of aliphatic hydroxyl groups is 1. The van der Waals surface area contributed by atoms with Crippen LogP contribution in [0.15, 0.2) is 24.3 Å². The molecule has 0 aliphatic heterocycles. The molecule has 0 spiro atoms. The molecule has 2 N–H and O–H groups in total. The van der Waals surface area contributed by atoms with Crippen LogP contribution in [0.25, 0.3) is 0 Å². The second-order valence-corrected chi connectivity index (χ2v) is 5.64. The van der Waals surface area contributed by atoms with Crippen molar-refractivity contribution in [3.63, 3.8) is 0 Å². The second kappa shape index (κ2) is 6.76. The molecule has 1 aromatic carbocycles. The lowest BCUT2D eigenvalue weighted by molar-refractivity contribution is 0.151. The highest BCUT2D eigenvalue weighted by atomic mass is 16.5. The number of methoxy groups -OCH3 is 1. The van der Waals surface area contributed by atoms with Crippen LogP contribution in [0.5, 0.6) is 5.75 Å². The molecule has 0 bridgehead atoms. The minimum Gasteiger partial charge on any atom is -0.496 e. The van der Waals surface area contributed by atoms with E-state index in [9.17, 15) is 5.11 Å². The number of ether oxygens (including phenoxy) is 1. The van der Waals surface area contributed by atoms with Crippen molar-refractivity contribution >= 4 is 0 Å². The van der Waals surface area contributed by atoms with Crippen molar-refractivity contribution in [2.24, 2.45) is 0 Å². The van der Waals surface area contributed by atoms with E-state index in [4.69, 9.17) is 4.74 Å². The maximum atomic E-state index is 9.93. The third-order valence-electron chi connectivity index (χ3n) is 2.81. The van der Waals surface area contributed by atoms with E-state index < -0.39 is 0 Å². The zero-order chi connectivity index (χ0) is 13.6. The highest BCUT2D eigenvalue weighted by molar-refractivity contribution is 5.33. The Labute approximate surface area is 110 Å². The molecular weight excluding hydrogens is 226 g/mol. The van der Waals surface area contributed by atoms with Crippen LogP contribution >= 0.6 is 0 Å².